The van der Waals surface area contributed by atoms with Gasteiger partial charge in [0.1, 0.15) is 18.9 Å². The van der Waals surface area contributed by atoms with Crippen LogP contribution >= 0.6 is 0 Å². The Morgan fingerprint density at radius 1 is 1.00 bits per heavy atom. The lowest BCUT2D eigenvalue weighted by molar-refractivity contribution is -0.123. The fourth-order valence-electron chi connectivity index (χ4n) is 3.48. The zero-order chi connectivity index (χ0) is 23.5. The average Bonchev–Trinajstić information content (AvgIpc) is 3.55. The molecule has 1 amide bonds. The second kappa shape index (κ2) is 9.14. The van der Waals surface area contributed by atoms with E-state index in [2.05, 4.69) is 10.4 Å². The number of para-hydroxylation sites is 1. The molecule has 4 aromatic rings. The third-order valence-electron chi connectivity index (χ3n) is 5.16. The van der Waals surface area contributed by atoms with Gasteiger partial charge in [0, 0.05) is 17.8 Å². The summed E-state index contributed by atoms with van der Waals surface area (Å²) in [6, 6.07) is 19.3. The molecule has 1 aliphatic heterocycles. The zero-order valence-corrected chi connectivity index (χ0v) is 18.3. The van der Waals surface area contributed by atoms with E-state index in [1.54, 1.807) is 36.4 Å². The second-order valence-corrected chi connectivity index (χ2v) is 7.53. The molecule has 3 heterocycles. The first-order valence-electron chi connectivity index (χ1n) is 10.7. The zero-order valence-electron chi connectivity index (χ0n) is 18.3. The maximum atomic E-state index is 13.1. The van der Waals surface area contributed by atoms with Gasteiger partial charge in [-0.15, -0.1) is 0 Å². The van der Waals surface area contributed by atoms with Gasteiger partial charge in [-0.25, -0.2) is 9.48 Å². The molecule has 0 aliphatic carbocycles. The number of nitrogens with one attached hydrogen (secondary N) is 1. The number of rotatable bonds is 6. The summed E-state index contributed by atoms with van der Waals surface area (Å²) in [7, 11) is 0. The number of fused-ring (bicyclic) bond motifs is 1. The normalized spacial score (nSPS) is 13.2. The van der Waals surface area contributed by atoms with Crippen LogP contribution in [-0.2, 0) is 9.53 Å². The van der Waals surface area contributed by atoms with Crippen LogP contribution in [0.2, 0.25) is 0 Å². The summed E-state index contributed by atoms with van der Waals surface area (Å²) < 4.78 is 23.4. The van der Waals surface area contributed by atoms with E-state index in [1.165, 1.54) is 17.9 Å². The van der Waals surface area contributed by atoms with Crippen molar-refractivity contribution in [2.75, 3.05) is 18.5 Å². The number of ether oxygens (including phenoxy) is 3. The Labute approximate surface area is 194 Å². The van der Waals surface area contributed by atoms with Gasteiger partial charge in [0.2, 0.25) is 0 Å². The van der Waals surface area contributed by atoms with Crippen LogP contribution in [0.5, 0.6) is 11.5 Å². The second-order valence-electron chi connectivity index (χ2n) is 7.53. The van der Waals surface area contributed by atoms with Crippen LogP contribution in [0.15, 0.2) is 77.4 Å². The molecule has 0 bridgehead atoms. The van der Waals surface area contributed by atoms with Crippen LogP contribution in [0.1, 0.15) is 17.4 Å². The van der Waals surface area contributed by atoms with E-state index in [-0.39, 0.29) is 5.69 Å². The van der Waals surface area contributed by atoms with Gasteiger partial charge in [-0.05, 0) is 43.3 Å². The van der Waals surface area contributed by atoms with Gasteiger partial charge in [-0.3, -0.25) is 4.79 Å². The smallest absolute Gasteiger partial charge is 0.357 e. The third kappa shape index (κ3) is 4.36. The average molecular weight is 459 g/mol. The van der Waals surface area contributed by atoms with Crippen molar-refractivity contribution in [2.24, 2.45) is 0 Å². The van der Waals surface area contributed by atoms with Crippen molar-refractivity contribution >= 4 is 17.6 Å². The number of nitrogens with zero attached hydrogens (tertiary/aromatic N) is 2. The van der Waals surface area contributed by atoms with Gasteiger partial charge >= 0.3 is 5.97 Å². The Kier molecular flexibility index (Phi) is 5.73. The molecule has 1 aliphatic rings. The number of anilines is 1. The Morgan fingerprint density at radius 3 is 2.56 bits per heavy atom. The summed E-state index contributed by atoms with van der Waals surface area (Å²) in [5.41, 5.74) is 1.80. The van der Waals surface area contributed by atoms with Gasteiger partial charge in [0.05, 0.1) is 12.0 Å². The molecule has 2 aromatic carbocycles. The maximum absolute atomic E-state index is 13.1. The number of hydrogen-bond acceptors (Lipinski definition) is 7. The molecule has 172 valence electrons. The number of hydrogen-bond donors (Lipinski definition) is 1. The number of benzene rings is 2. The number of esters is 1. The first-order valence-corrected chi connectivity index (χ1v) is 10.7. The van der Waals surface area contributed by atoms with Gasteiger partial charge < -0.3 is 23.9 Å². The lowest BCUT2D eigenvalue weighted by Gasteiger charge is -2.19. The van der Waals surface area contributed by atoms with Gasteiger partial charge in [0.25, 0.3) is 5.91 Å². The summed E-state index contributed by atoms with van der Waals surface area (Å²) >= 11 is 0. The van der Waals surface area contributed by atoms with Crippen LogP contribution in [0.25, 0.3) is 17.1 Å². The fraction of sp³-hybridized carbons (Fsp3) is 0.160. The van der Waals surface area contributed by atoms with E-state index in [0.717, 1.165) is 0 Å². The fourth-order valence-corrected chi connectivity index (χ4v) is 3.48. The van der Waals surface area contributed by atoms with E-state index >= 15 is 0 Å². The molecular formula is C25H21N3O6. The van der Waals surface area contributed by atoms with Crippen LogP contribution in [0.4, 0.5) is 5.69 Å². The van der Waals surface area contributed by atoms with Crippen molar-refractivity contribution in [3.05, 3.63) is 78.7 Å². The van der Waals surface area contributed by atoms with Gasteiger partial charge in [0.15, 0.2) is 29.1 Å². The van der Waals surface area contributed by atoms with Crippen molar-refractivity contribution in [1.29, 1.82) is 0 Å². The molecule has 1 atom stereocenters. The molecule has 0 spiro atoms. The molecular weight excluding hydrogens is 438 g/mol. The number of carbonyl (C=O) groups is 2. The van der Waals surface area contributed by atoms with Crippen molar-refractivity contribution in [2.45, 2.75) is 13.0 Å². The first kappa shape index (κ1) is 21.3. The van der Waals surface area contributed by atoms with Crippen molar-refractivity contribution in [3.63, 3.8) is 0 Å². The van der Waals surface area contributed by atoms with Crippen molar-refractivity contribution in [3.8, 4) is 28.6 Å². The van der Waals surface area contributed by atoms with Crippen molar-refractivity contribution < 1.29 is 28.2 Å². The molecule has 1 N–H and O–H groups in total. The SMILES string of the molecule is CC(OC(=O)c1cc(-c2ccco2)nn1-c1ccccc1)C(=O)Nc1ccc2c(c1)OCCO2. The standard InChI is InChI=1S/C25H21N3O6/c1-16(24(29)26-17-9-10-22-23(14-17)33-13-12-32-22)34-25(30)20-15-19(21-8-5-11-31-21)27-28(20)18-6-3-2-4-7-18/h2-11,14-16H,12-13H2,1H3,(H,26,29). The van der Waals surface area contributed by atoms with Gasteiger partial charge in [-0.2, -0.15) is 5.10 Å². The minimum Gasteiger partial charge on any atom is -0.486 e. The molecule has 0 saturated heterocycles. The highest BCUT2D eigenvalue weighted by molar-refractivity contribution is 5.97. The Hall–Kier alpha value is -4.53. The summed E-state index contributed by atoms with van der Waals surface area (Å²) in [5.74, 6) is 0.491. The van der Waals surface area contributed by atoms with Crippen LogP contribution < -0.4 is 14.8 Å². The molecule has 2 aromatic heterocycles. The maximum Gasteiger partial charge on any atom is 0.357 e. The molecule has 1 unspecified atom stereocenters. The van der Waals surface area contributed by atoms with E-state index in [4.69, 9.17) is 18.6 Å². The molecule has 0 saturated carbocycles. The Bertz CT molecular complexity index is 1310. The summed E-state index contributed by atoms with van der Waals surface area (Å²) in [4.78, 5) is 25.7. The monoisotopic (exact) mass is 459 g/mol. The van der Waals surface area contributed by atoms with E-state index in [0.29, 0.717) is 47.5 Å². The minimum absolute atomic E-state index is 0.163. The Balaban J connectivity index is 1.33. The summed E-state index contributed by atoms with van der Waals surface area (Å²) in [6.45, 7) is 2.42. The number of carbonyl (C=O) groups excluding carboxylic acids is 2. The predicted molar refractivity (Wildman–Crippen MR) is 122 cm³/mol. The van der Waals surface area contributed by atoms with E-state index in [1.807, 2.05) is 30.3 Å². The summed E-state index contributed by atoms with van der Waals surface area (Å²) in [6.07, 6.45) is 0.464. The summed E-state index contributed by atoms with van der Waals surface area (Å²) in [5, 5.41) is 7.23. The van der Waals surface area contributed by atoms with Crippen LogP contribution in [0, 0.1) is 0 Å². The van der Waals surface area contributed by atoms with Crippen molar-refractivity contribution in [1.82, 2.24) is 9.78 Å². The third-order valence-corrected chi connectivity index (χ3v) is 5.16. The predicted octanol–water partition coefficient (Wildman–Crippen LogP) is 4.09. The molecule has 9 nitrogen and oxygen atoms in total. The quantitative estimate of drug-likeness (QED) is 0.433. The number of furan rings is 1. The highest BCUT2D eigenvalue weighted by atomic mass is 16.6. The lowest BCUT2D eigenvalue weighted by Crippen LogP contribution is -2.30. The van der Waals surface area contributed by atoms with E-state index in [9.17, 15) is 9.59 Å². The first-order chi connectivity index (χ1) is 16.6. The molecule has 5 rings (SSSR count). The lowest BCUT2D eigenvalue weighted by atomic mass is 10.2. The molecule has 0 fully saturated rings. The van der Waals surface area contributed by atoms with E-state index < -0.39 is 18.0 Å². The molecule has 0 radical (unpaired) electrons. The minimum atomic E-state index is -1.06. The Morgan fingerprint density at radius 2 is 1.79 bits per heavy atom. The van der Waals surface area contributed by atoms with Crippen LogP contribution in [0.3, 0.4) is 0 Å². The number of aromatic nitrogens is 2. The van der Waals surface area contributed by atoms with Gasteiger partial charge in [-0.1, -0.05) is 18.2 Å². The molecule has 9 heteroatoms. The largest absolute Gasteiger partial charge is 0.486 e. The molecule has 34 heavy (non-hydrogen) atoms. The van der Waals surface area contributed by atoms with Crippen LogP contribution in [-0.4, -0.2) is 41.0 Å². The highest BCUT2D eigenvalue weighted by Crippen LogP contribution is 2.32. The topological polar surface area (TPSA) is 105 Å². The number of amides is 1. The highest BCUT2D eigenvalue weighted by Gasteiger charge is 2.25.